The largest absolute Gasteiger partial charge is 0.394 e. The van der Waals surface area contributed by atoms with Crippen molar-refractivity contribution in [3.63, 3.8) is 0 Å². The summed E-state index contributed by atoms with van der Waals surface area (Å²) in [5.41, 5.74) is 0.562. The van der Waals surface area contributed by atoms with Crippen LogP contribution in [0.1, 0.15) is 25.3 Å². The van der Waals surface area contributed by atoms with Crippen molar-refractivity contribution in [2.45, 2.75) is 31.2 Å². The average molecular weight is 310 g/mol. The van der Waals surface area contributed by atoms with E-state index in [0.29, 0.717) is 19.8 Å². The number of hydrogen-bond acceptors (Lipinski definition) is 3. The van der Waals surface area contributed by atoms with Gasteiger partial charge < -0.3 is 20.5 Å². The Morgan fingerprint density at radius 2 is 2.18 bits per heavy atom. The number of carbonyl (C=O) groups excluding carboxylic acids is 1. The number of aliphatic hydroxyl groups is 1. The van der Waals surface area contributed by atoms with E-state index >= 15 is 0 Å². The Morgan fingerprint density at radius 3 is 2.82 bits per heavy atom. The first-order valence-electron chi connectivity index (χ1n) is 7.55. The second kappa shape index (κ2) is 7.56. The summed E-state index contributed by atoms with van der Waals surface area (Å²) in [5.74, 6) is -0.276. The van der Waals surface area contributed by atoms with Gasteiger partial charge in [0.2, 0.25) is 0 Å². The van der Waals surface area contributed by atoms with Crippen molar-refractivity contribution in [2.75, 3.05) is 26.4 Å². The van der Waals surface area contributed by atoms with Crippen LogP contribution in [0, 0.1) is 5.82 Å². The molecule has 0 saturated carbocycles. The van der Waals surface area contributed by atoms with E-state index < -0.39 is 0 Å². The third kappa shape index (κ3) is 4.18. The molecule has 0 aromatic heterocycles. The molecule has 1 unspecified atom stereocenters. The lowest BCUT2D eigenvalue weighted by atomic mass is 9.74. The monoisotopic (exact) mass is 310 g/mol. The maximum atomic E-state index is 13.6. The average Bonchev–Trinajstić information content (AvgIpc) is 2.54. The highest BCUT2D eigenvalue weighted by Gasteiger charge is 2.35. The number of aliphatic hydroxyl groups excluding tert-OH is 1. The maximum Gasteiger partial charge on any atom is 0.315 e. The Hall–Kier alpha value is -1.66. The minimum atomic E-state index is -0.330. The molecule has 1 saturated heterocycles. The Morgan fingerprint density at radius 1 is 1.45 bits per heavy atom. The Kier molecular flexibility index (Phi) is 5.74. The molecule has 1 aliphatic rings. The molecule has 0 spiro atoms. The van der Waals surface area contributed by atoms with Crippen LogP contribution in [-0.2, 0) is 10.2 Å². The van der Waals surface area contributed by atoms with Crippen LogP contribution >= 0.6 is 0 Å². The highest BCUT2D eigenvalue weighted by Crippen LogP contribution is 2.34. The third-order valence-corrected chi connectivity index (χ3v) is 4.13. The number of benzene rings is 1. The summed E-state index contributed by atoms with van der Waals surface area (Å²) in [4.78, 5) is 11.9. The van der Waals surface area contributed by atoms with E-state index in [4.69, 9.17) is 9.84 Å². The van der Waals surface area contributed by atoms with Crippen molar-refractivity contribution in [1.29, 1.82) is 0 Å². The molecular weight excluding hydrogens is 287 g/mol. The molecule has 0 aliphatic carbocycles. The number of amides is 2. The first kappa shape index (κ1) is 16.7. The molecule has 122 valence electrons. The van der Waals surface area contributed by atoms with Crippen LogP contribution in [0.4, 0.5) is 9.18 Å². The second-order valence-corrected chi connectivity index (χ2v) is 5.81. The minimum Gasteiger partial charge on any atom is -0.394 e. The van der Waals surface area contributed by atoms with Gasteiger partial charge in [0.25, 0.3) is 0 Å². The molecule has 22 heavy (non-hydrogen) atoms. The summed E-state index contributed by atoms with van der Waals surface area (Å²) in [7, 11) is 0. The van der Waals surface area contributed by atoms with Gasteiger partial charge in [-0.15, -0.1) is 0 Å². The first-order chi connectivity index (χ1) is 10.6. The quantitative estimate of drug-likeness (QED) is 0.773. The van der Waals surface area contributed by atoms with Gasteiger partial charge in [0.15, 0.2) is 0 Å². The Labute approximate surface area is 129 Å². The molecule has 1 aliphatic heterocycles. The number of ether oxygens (including phenoxy) is 1. The van der Waals surface area contributed by atoms with Crippen molar-refractivity contribution in [2.24, 2.45) is 0 Å². The molecule has 1 aromatic rings. The van der Waals surface area contributed by atoms with Crippen LogP contribution in [0.15, 0.2) is 24.3 Å². The summed E-state index contributed by atoms with van der Waals surface area (Å²) in [6.45, 7) is 3.19. The van der Waals surface area contributed by atoms with Gasteiger partial charge >= 0.3 is 6.03 Å². The normalized spacial score (nSPS) is 18.5. The van der Waals surface area contributed by atoms with E-state index in [0.717, 1.165) is 18.4 Å². The SMILES string of the molecule is CC(CO)NC(=O)NCC1(c2cccc(F)c2)CCOCC1. The molecule has 3 N–H and O–H groups in total. The number of rotatable bonds is 5. The molecule has 2 amide bonds. The Balaban J connectivity index is 2.08. The summed E-state index contributed by atoms with van der Waals surface area (Å²) in [6, 6.07) is 5.89. The molecule has 5 nitrogen and oxygen atoms in total. The molecule has 0 radical (unpaired) electrons. The summed E-state index contributed by atoms with van der Waals surface area (Å²) < 4.78 is 19.0. The van der Waals surface area contributed by atoms with E-state index in [1.54, 1.807) is 13.0 Å². The van der Waals surface area contributed by atoms with Gasteiger partial charge in [-0.05, 0) is 37.5 Å². The maximum absolute atomic E-state index is 13.6. The number of nitrogens with one attached hydrogen (secondary N) is 2. The van der Waals surface area contributed by atoms with Crippen LogP contribution < -0.4 is 10.6 Å². The van der Waals surface area contributed by atoms with E-state index in [9.17, 15) is 9.18 Å². The predicted molar refractivity (Wildman–Crippen MR) is 81.2 cm³/mol. The molecule has 1 heterocycles. The van der Waals surface area contributed by atoms with Crippen LogP contribution in [0.2, 0.25) is 0 Å². The van der Waals surface area contributed by atoms with Crippen molar-refractivity contribution < 1.29 is 19.0 Å². The molecular formula is C16H23FN2O3. The first-order valence-corrected chi connectivity index (χ1v) is 7.55. The molecule has 6 heteroatoms. The minimum absolute atomic E-state index is 0.115. The van der Waals surface area contributed by atoms with E-state index in [2.05, 4.69) is 10.6 Å². The molecule has 1 aromatic carbocycles. The lowest BCUT2D eigenvalue weighted by Gasteiger charge is -2.38. The van der Waals surface area contributed by atoms with E-state index in [1.165, 1.54) is 12.1 Å². The zero-order chi connectivity index (χ0) is 16.0. The predicted octanol–water partition coefficient (Wildman–Crippen LogP) is 1.55. The zero-order valence-corrected chi connectivity index (χ0v) is 12.8. The highest BCUT2D eigenvalue weighted by molar-refractivity contribution is 5.74. The highest BCUT2D eigenvalue weighted by atomic mass is 19.1. The van der Waals surface area contributed by atoms with Crippen molar-refractivity contribution in [3.05, 3.63) is 35.6 Å². The molecule has 0 bridgehead atoms. The van der Waals surface area contributed by atoms with Crippen molar-refractivity contribution >= 4 is 6.03 Å². The van der Waals surface area contributed by atoms with Crippen LogP contribution in [0.5, 0.6) is 0 Å². The third-order valence-electron chi connectivity index (χ3n) is 4.13. The van der Waals surface area contributed by atoms with E-state index in [1.807, 2.05) is 6.07 Å². The number of carbonyl (C=O) groups is 1. The summed E-state index contributed by atoms with van der Waals surface area (Å²) in [5, 5.41) is 14.4. The van der Waals surface area contributed by atoms with Gasteiger partial charge in [-0.1, -0.05) is 12.1 Å². The van der Waals surface area contributed by atoms with Gasteiger partial charge in [0, 0.05) is 25.2 Å². The van der Waals surface area contributed by atoms with Crippen LogP contribution in [-0.4, -0.2) is 43.5 Å². The fourth-order valence-corrected chi connectivity index (χ4v) is 2.72. The number of hydrogen-bond donors (Lipinski definition) is 3. The summed E-state index contributed by atoms with van der Waals surface area (Å²) >= 11 is 0. The standard InChI is InChI=1S/C16H23FN2O3/c1-12(10-20)19-15(21)18-11-16(5-7-22-8-6-16)13-3-2-4-14(17)9-13/h2-4,9,12,20H,5-8,10-11H2,1H3,(H2,18,19,21). The fraction of sp³-hybridized carbons (Fsp3) is 0.562. The van der Waals surface area contributed by atoms with Crippen LogP contribution in [0.3, 0.4) is 0 Å². The lowest BCUT2D eigenvalue weighted by Crippen LogP contribution is -2.49. The van der Waals surface area contributed by atoms with Gasteiger partial charge in [0.1, 0.15) is 5.82 Å². The Bertz CT molecular complexity index is 504. The molecule has 2 rings (SSSR count). The zero-order valence-electron chi connectivity index (χ0n) is 12.8. The van der Waals surface area contributed by atoms with Gasteiger partial charge in [-0.25, -0.2) is 9.18 Å². The van der Waals surface area contributed by atoms with E-state index in [-0.39, 0.29) is 29.9 Å². The number of halogens is 1. The van der Waals surface area contributed by atoms with Gasteiger partial charge in [0.05, 0.1) is 12.6 Å². The summed E-state index contributed by atoms with van der Waals surface area (Å²) in [6.07, 6.45) is 1.46. The lowest BCUT2D eigenvalue weighted by molar-refractivity contribution is 0.0505. The second-order valence-electron chi connectivity index (χ2n) is 5.81. The van der Waals surface area contributed by atoms with Gasteiger partial charge in [-0.3, -0.25) is 0 Å². The van der Waals surface area contributed by atoms with Crippen molar-refractivity contribution in [1.82, 2.24) is 10.6 Å². The smallest absolute Gasteiger partial charge is 0.315 e. The van der Waals surface area contributed by atoms with Crippen molar-refractivity contribution in [3.8, 4) is 0 Å². The number of urea groups is 1. The molecule has 1 atom stereocenters. The fourth-order valence-electron chi connectivity index (χ4n) is 2.72. The topological polar surface area (TPSA) is 70.6 Å². The van der Waals surface area contributed by atoms with Crippen LogP contribution in [0.25, 0.3) is 0 Å². The molecule has 1 fully saturated rings. The van der Waals surface area contributed by atoms with Gasteiger partial charge in [-0.2, -0.15) is 0 Å².